The highest BCUT2D eigenvalue weighted by Gasteiger charge is 2.37. The van der Waals surface area contributed by atoms with E-state index in [-0.39, 0.29) is 11.8 Å². The third kappa shape index (κ3) is 3.94. The van der Waals surface area contributed by atoms with Gasteiger partial charge in [-0.15, -0.1) is 11.8 Å². The molecule has 0 radical (unpaired) electrons. The fraction of sp³-hybridized carbons (Fsp3) is 0.429. The number of amides is 2. The molecular formula is C21H25FN4OS. The van der Waals surface area contributed by atoms with E-state index in [1.54, 1.807) is 24.0 Å². The van der Waals surface area contributed by atoms with Gasteiger partial charge in [-0.1, -0.05) is 12.1 Å². The number of benzene rings is 1. The molecule has 0 spiro atoms. The predicted octanol–water partition coefficient (Wildman–Crippen LogP) is 4.32. The van der Waals surface area contributed by atoms with Gasteiger partial charge in [0.1, 0.15) is 0 Å². The highest BCUT2D eigenvalue weighted by molar-refractivity contribution is 7.98. The Morgan fingerprint density at radius 1 is 1.14 bits per heavy atom. The summed E-state index contributed by atoms with van der Waals surface area (Å²) in [5.41, 5.74) is 0.865. The number of rotatable bonds is 3. The molecule has 2 amide bonds. The van der Waals surface area contributed by atoms with E-state index in [4.69, 9.17) is 0 Å². The van der Waals surface area contributed by atoms with Gasteiger partial charge in [0.05, 0.1) is 5.69 Å². The molecule has 2 aromatic rings. The normalized spacial score (nSPS) is 21.9. The van der Waals surface area contributed by atoms with Gasteiger partial charge in [-0.05, 0) is 55.2 Å². The molecule has 1 N–H and O–H groups in total. The third-order valence-electron chi connectivity index (χ3n) is 5.79. The van der Waals surface area contributed by atoms with Crippen LogP contribution in [0.25, 0.3) is 0 Å². The highest BCUT2D eigenvalue weighted by atomic mass is 32.2. The van der Waals surface area contributed by atoms with Gasteiger partial charge >= 0.3 is 6.03 Å². The topological polar surface area (TPSA) is 48.5 Å². The number of urea groups is 1. The summed E-state index contributed by atoms with van der Waals surface area (Å²) in [4.78, 5) is 22.0. The van der Waals surface area contributed by atoms with E-state index in [9.17, 15) is 9.18 Å². The van der Waals surface area contributed by atoms with Crippen LogP contribution in [-0.2, 0) is 0 Å². The average Bonchev–Trinajstić information content (AvgIpc) is 3.03. The summed E-state index contributed by atoms with van der Waals surface area (Å²) in [6.07, 6.45) is 5.55. The first-order valence-corrected chi connectivity index (χ1v) is 10.9. The van der Waals surface area contributed by atoms with Crippen molar-refractivity contribution in [2.24, 2.45) is 11.8 Å². The maximum absolute atomic E-state index is 14.1. The average molecular weight is 401 g/mol. The lowest BCUT2D eigenvalue weighted by Crippen LogP contribution is -2.34. The van der Waals surface area contributed by atoms with Gasteiger partial charge in [-0.2, -0.15) is 0 Å². The summed E-state index contributed by atoms with van der Waals surface area (Å²) in [6.45, 7) is 3.08. The molecule has 148 valence electrons. The number of halogens is 1. The summed E-state index contributed by atoms with van der Waals surface area (Å²) >= 11 is 1.63. The second-order valence-corrected chi connectivity index (χ2v) is 8.28. The van der Waals surface area contributed by atoms with E-state index >= 15 is 0 Å². The Kier molecular flexibility index (Phi) is 5.71. The lowest BCUT2D eigenvalue weighted by Gasteiger charge is -2.23. The zero-order chi connectivity index (χ0) is 19.5. The SMILES string of the molecule is CSc1ccccc1NC(=O)N1C[C@H]2CCN(c3ncccc3F)CC[C@H]2C1. The molecule has 0 unspecified atom stereocenters. The number of para-hydroxylation sites is 1. The monoisotopic (exact) mass is 400 g/mol. The lowest BCUT2D eigenvalue weighted by molar-refractivity contribution is 0.219. The molecule has 0 saturated carbocycles. The molecule has 2 aliphatic rings. The summed E-state index contributed by atoms with van der Waals surface area (Å²) in [7, 11) is 0. The molecule has 1 aromatic carbocycles. The van der Waals surface area contributed by atoms with Crippen molar-refractivity contribution in [3.8, 4) is 0 Å². The van der Waals surface area contributed by atoms with Gasteiger partial charge in [0.15, 0.2) is 11.6 Å². The fourth-order valence-corrected chi connectivity index (χ4v) is 4.83. The Labute approximate surface area is 169 Å². The summed E-state index contributed by atoms with van der Waals surface area (Å²) < 4.78 is 14.1. The predicted molar refractivity (Wildman–Crippen MR) is 111 cm³/mol. The van der Waals surface area contributed by atoms with Crippen LogP contribution in [0.2, 0.25) is 0 Å². The Bertz CT molecular complexity index is 833. The first-order chi connectivity index (χ1) is 13.7. The fourth-order valence-electron chi connectivity index (χ4n) is 4.28. The summed E-state index contributed by atoms with van der Waals surface area (Å²) in [5.74, 6) is 1.10. The van der Waals surface area contributed by atoms with Crippen LogP contribution in [0, 0.1) is 17.7 Å². The molecule has 4 rings (SSSR count). The van der Waals surface area contributed by atoms with E-state index < -0.39 is 0 Å². The van der Waals surface area contributed by atoms with Crippen molar-refractivity contribution in [1.29, 1.82) is 0 Å². The van der Waals surface area contributed by atoms with Gasteiger partial charge in [-0.3, -0.25) is 0 Å². The van der Waals surface area contributed by atoms with Crippen LogP contribution in [0.5, 0.6) is 0 Å². The van der Waals surface area contributed by atoms with Gasteiger partial charge in [-0.25, -0.2) is 14.2 Å². The van der Waals surface area contributed by atoms with Crippen LogP contribution in [0.4, 0.5) is 20.7 Å². The van der Waals surface area contributed by atoms with Crippen LogP contribution in [0.15, 0.2) is 47.5 Å². The van der Waals surface area contributed by atoms with Crippen molar-refractivity contribution in [2.75, 3.05) is 42.7 Å². The van der Waals surface area contributed by atoms with E-state index in [0.717, 1.165) is 49.6 Å². The maximum Gasteiger partial charge on any atom is 0.321 e. The minimum absolute atomic E-state index is 0.0257. The van der Waals surface area contributed by atoms with Crippen molar-refractivity contribution in [1.82, 2.24) is 9.88 Å². The van der Waals surface area contributed by atoms with E-state index in [1.165, 1.54) is 6.07 Å². The van der Waals surface area contributed by atoms with Crippen LogP contribution in [0.3, 0.4) is 0 Å². The molecule has 0 aliphatic carbocycles. The number of nitrogens with one attached hydrogen (secondary N) is 1. The Morgan fingerprint density at radius 2 is 1.86 bits per heavy atom. The largest absolute Gasteiger partial charge is 0.354 e. The van der Waals surface area contributed by atoms with E-state index in [1.807, 2.05) is 40.3 Å². The quantitative estimate of drug-likeness (QED) is 0.780. The number of aromatic nitrogens is 1. The Morgan fingerprint density at radius 3 is 2.54 bits per heavy atom. The molecule has 2 atom stereocenters. The third-order valence-corrected chi connectivity index (χ3v) is 6.59. The number of nitrogens with zero attached hydrogens (tertiary/aromatic N) is 3. The molecule has 28 heavy (non-hydrogen) atoms. The molecule has 2 aliphatic heterocycles. The van der Waals surface area contributed by atoms with Crippen molar-refractivity contribution >= 4 is 29.3 Å². The number of carbonyl (C=O) groups excluding carboxylic acids is 1. The summed E-state index contributed by atoms with van der Waals surface area (Å²) in [5, 5.41) is 3.07. The van der Waals surface area contributed by atoms with Gasteiger partial charge in [0, 0.05) is 37.3 Å². The van der Waals surface area contributed by atoms with Gasteiger partial charge in [0.2, 0.25) is 0 Å². The molecule has 2 fully saturated rings. The van der Waals surface area contributed by atoms with Crippen LogP contribution in [0.1, 0.15) is 12.8 Å². The smallest absolute Gasteiger partial charge is 0.321 e. The van der Waals surface area contributed by atoms with Crippen molar-refractivity contribution in [3.05, 3.63) is 48.4 Å². The number of hydrogen-bond donors (Lipinski definition) is 1. The van der Waals surface area contributed by atoms with Crippen molar-refractivity contribution in [3.63, 3.8) is 0 Å². The van der Waals surface area contributed by atoms with Gasteiger partial charge in [0.25, 0.3) is 0 Å². The molecule has 2 saturated heterocycles. The number of likely N-dealkylation sites (tertiary alicyclic amines) is 1. The molecule has 3 heterocycles. The number of fused-ring (bicyclic) bond motifs is 1. The molecular weight excluding hydrogens is 375 g/mol. The number of anilines is 2. The zero-order valence-electron chi connectivity index (χ0n) is 16.0. The van der Waals surface area contributed by atoms with Crippen LogP contribution < -0.4 is 10.2 Å². The summed E-state index contributed by atoms with van der Waals surface area (Å²) in [6, 6.07) is 10.9. The highest BCUT2D eigenvalue weighted by Crippen LogP contribution is 2.34. The number of pyridine rings is 1. The lowest BCUT2D eigenvalue weighted by atomic mass is 9.92. The van der Waals surface area contributed by atoms with E-state index in [0.29, 0.717) is 17.7 Å². The minimum atomic E-state index is -0.261. The second-order valence-electron chi connectivity index (χ2n) is 7.43. The maximum atomic E-state index is 14.1. The Hall–Kier alpha value is -2.28. The van der Waals surface area contributed by atoms with Crippen molar-refractivity contribution in [2.45, 2.75) is 17.7 Å². The standard InChI is InChI=1S/C21H25FN4OS/c1-28-19-7-3-2-6-18(19)24-21(27)26-13-15-8-11-25(12-9-16(15)14-26)20-17(22)5-4-10-23-20/h2-7,10,15-16H,8-9,11-14H2,1H3,(H,24,27)/t15-,16+. The number of thioether (sulfide) groups is 1. The number of carbonyl (C=O) groups is 1. The molecule has 7 heteroatoms. The number of hydrogen-bond acceptors (Lipinski definition) is 4. The second kappa shape index (κ2) is 8.39. The van der Waals surface area contributed by atoms with Crippen LogP contribution in [-0.4, -0.2) is 48.3 Å². The molecule has 5 nitrogen and oxygen atoms in total. The first-order valence-electron chi connectivity index (χ1n) is 9.70. The Balaban J connectivity index is 1.37. The zero-order valence-corrected chi connectivity index (χ0v) is 16.8. The van der Waals surface area contributed by atoms with E-state index in [2.05, 4.69) is 10.3 Å². The molecule has 1 aromatic heterocycles. The molecule has 0 bridgehead atoms. The van der Waals surface area contributed by atoms with Gasteiger partial charge < -0.3 is 15.1 Å². The minimum Gasteiger partial charge on any atom is -0.354 e. The van der Waals surface area contributed by atoms with Crippen LogP contribution >= 0.6 is 11.8 Å². The van der Waals surface area contributed by atoms with Crippen molar-refractivity contribution < 1.29 is 9.18 Å². The first kappa shape index (κ1) is 19.1.